The number of carbonyl (C=O) groups excluding carboxylic acids is 2. The number of ether oxygens (including phenoxy) is 3. The minimum Gasteiger partial charge on any atom is -0.475 e. The molecule has 3 aromatic carbocycles. The van der Waals surface area contributed by atoms with Crippen molar-refractivity contribution in [3.8, 4) is 17.2 Å². The van der Waals surface area contributed by atoms with Gasteiger partial charge in [0.15, 0.2) is 11.5 Å². The fourth-order valence-electron chi connectivity index (χ4n) is 4.47. The van der Waals surface area contributed by atoms with Crippen LogP contribution >= 0.6 is 0 Å². The Hall–Kier alpha value is -5.20. The largest absolute Gasteiger partial charge is 0.475 e. The summed E-state index contributed by atoms with van der Waals surface area (Å²) in [5.41, 5.74) is 5.19. The van der Waals surface area contributed by atoms with Crippen LogP contribution in [-0.2, 0) is 32.7 Å². The van der Waals surface area contributed by atoms with Crippen molar-refractivity contribution in [2.24, 2.45) is 0 Å². The van der Waals surface area contributed by atoms with E-state index in [9.17, 15) is 18.0 Å². The normalized spacial score (nSPS) is 12.9. The average Bonchev–Trinajstić information content (AvgIpc) is 3.52. The van der Waals surface area contributed by atoms with Gasteiger partial charge in [0, 0.05) is 23.5 Å². The Balaban J connectivity index is 1.37. The van der Waals surface area contributed by atoms with Crippen LogP contribution in [0.25, 0.3) is 6.08 Å². The van der Waals surface area contributed by atoms with Crippen molar-refractivity contribution in [3.05, 3.63) is 124 Å². The average molecular weight is 630 g/mol. The maximum absolute atomic E-state index is 13.5. The lowest BCUT2D eigenvalue weighted by Crippen LogP contribution is -2.36. The number of hydroxylamine groups is 1. The number of carbonyl (C=O) groups is 2. The molecule has 2 heterocycles. The molecule has 0 saturated heterocycles. The summed E-state index contributed by atoms with van der Waals surface area (Å²) in [6, 6.07) is 22.3. The van der Waals surface area contributed by atoms with Gasteiger partial charge in [-0.3, -0.25) is 19.4 Å². The van der Waals surface area contributed by atoms with E-state index in [0.29, 0.717) is 52.3 Å². The smallest absolute Gasteiger partial charge is 0.279 e. The summed E-state index contributed by atoms with van der Waals surface area (Å²) < 4.78 is 44.9. The Labute approximate surface area is 260 Å². The molecule has 1 atom stereocenters. The van der Waals surface area contributed by atoms with E-state index >= 15 is 0 Å². The molecule has 0 saturated carbocycles. The third-order valence-corrected chi connectivity index (χ3v) is 7.62. The van der Waals surface area contributed by atoms with Crippen molar-refractivity contribution in [1.29, 1.82) is 0 Å². The highest BCUT2D eigenvalue weighted by atomic mass is 32.2. The third-order valence-electron chi connectivity index (χ3n) is 6.64. The van der Waals surface area contributed by atoms with E-state index in [1.807, 2.05) is 37.3 Å². The third kappa shape index (κ3) is 8.46. The van der Waals surface area contributed by atoms with Gasteiger partial charge in [-0.2, -0.15) is 0 Å². The molecule has 1 aliphatic heterocycles. The Morgan fingerprint density at radius 3 is 2.60 bits per heavy atom. The zero-order valence-electron chi connectivity index (χ0n) is 24.3. The zero-order chi connectivity index (χ0) is 31.6. The van der Waals surface area contributed by atoms with Gasteiger partial charge in [0.25, 0.3) is 21.8 Å². The maximum Gasteiger partial charge on any atom is 0.279 e. The highest BCUT2D eigenvalue weighted by Crippen LogP contribution is 2.36. The fraction of sp³-hybridized carbons (Fsp3) is 0.182. The molecular formula is C33H31N3O8S. The minimum absolute atomic E-state index is 0.0171. The Bertz CT molecular complexity index is 1780. The van der Waals surface area contributed by atoms with E-state index in [-0.39, 0.29) is 13.4 Å². The molecule has 0 radical (unpaired) electrons. The predicted molar refractivity (Wildman–Crippen MR) is 165 cm³/mol. The lowest BCUT2D eigenvalue weighted by molar-refractivity contribution is -0.126. The first kappa shape index (κ1) is 31.2. The molecule has 232 valence electrons. The van der Waals surface area contributed by atoms with Gasteiger partial charge < -0.3 is 14.2 Å². The minimum atomic E-state index is -4.21. The number of aromatic nitrogens is 1. The van der Waals surface area contributed by atoms with Crippen molar-refractivity contribution < 1.29 is 37.1 Å². The number of hydrogen-bond donors (Lipinski definition) is 2. The molecule has 4 aromatic rings. The van der Waals surface area contributed by atoms with Crippen LogP contribution in [0, 0.1) is 0 Å². The number of hydrogen-bond acceptors (Lipinski definition) is 9. The highest BCUT2D eigenvalue weighted by molar-refractivity contribution is 7.93. The Kier molecular flexibility index (Phi) is 10.1. The molecule has 0 aliphatic carbocycles. The molecule has 1 aliphatic rings. The lowest BCUT2D eigenvalue weighted by atomic mass is 10.0. The molecule has 11 nitrogen and oxygen atoms in total. The van der Waals surface area contributed by atoms with Gasteiger partial charge >= 0.3 is 0 Å². The maximum atomic E-state index is 13.5. The summed E-state index contributed by atoms with van der Waals surface area (Å²) in [5.74, 6) is -0.194. The topological polar surface area (TPSA) is 142 Å². The summed E-state index contributed by atoms with van der Waals surface area (Å²) in [5, 5.41) is 0.883. The summed E-state index contributed by atoms with van der Waals surface area (Å²) in [6.45, 7) is 2.17. The molecule has 45 heavy (non-hydrogen) atoms. The van der Waals surface area contributed by atoms with E-state index in [4.69, 9.17) is 19.0 Å². The van der Waals surface area contributed by atoms with Crippen LogP contribution in [0.4, 0.5) is 0 Å². The first-order valence-corrected chi connectivity index (χ1v) is 15.7. The Morgan fingerprint density at radius 1 is 1.00 bits per heavy atom. The van der Waals surface area contributed by atoms with Crippen LogP contribution in [0.2, 0.25) is 0 Å². The van der Waals surface area contributed by atoms with E-state index in [0.717, 1.165) is 11.0 Å². The van der Waals surface area contributed by atoms with Crippen LogP contribution in [0.1, 0.15) is 52.1 Å². The van der Waals surface area contributed by atoms with Gasteiger partial charge in [-0.15, -0.1) is 0 Å². The van der Waals surface area contributed by atoms with Crippen LogP contribution in [0.15, 0.2) is 96.7 Å². The number of amides is 2. The highest BCUT2D eigenvalue weighted by Gasteiger charge is 2.29. The second-order valence-electron chi connectivity index (χ2n) is 9.99. The van der Waals surface area contributed by atoms with Crippen molar-refractivity contribution in [3.63, 3.8) is 0 Å². The van der Waals surface area contributed by atoms with Crippen molar-refractivity contribution in [2.45, 2.75) is 32.5 Å². The number of rotatable bonds is 13. The molecule has 12 heteroatoms. The van der Waals surface area contributed by atoms with E-state index < -0.39 is 27.9 Å². The predicted octanol–water partition coefficient (Wildman–Crippen LogP) is 4.86. The first-order valence-electron chi connectivity index (χ1n) is 14.1. The van der Waals surface area contributed by atoms with Gasteiger partial charge in [0.1, 0.15) is 5.75 Å². The number of benzene rings is 3. The molecule has 2 amide bonds. The lowest BCUT2D eigenvalue weighted by Gasteiger charge is -2.21. The number of sulfonamides is 1. The first-order chi connectivity index (χ1) is 21.8. The van der Waals surface area contributed by atoms with Crippen molar-refractivity contribution >= 4 is 27.9 Å². The summed E-state index contributed by atoms with van der Waals surface area (Å²) in [6.07, 6.45) is 4.20. The number of pyridine rings is 1. The molecule has 0 spiro atoms. The second-order valence-corrected chi connectivity index (χ2v) is 11.6. The molecular weight excluding hydrogens is 598 g/mol. The van der Waals surface area contributed by atoms with Gasteiger partial charge in [0.05, 0.1) is 12.0 Å². The van der Waals surface area contributed by atoms with Crippen LogP contribution in [0.5, 0.6) is 17.2 Å². The summed E-state index contributed by atoms with van der Waals surface area (Å²) in [4.78, 5) is 35.7. The number of fused-ring (bicyclic) bond motifs is 1. The van der Waals surface area contributed by atoms with Gasteiger partial charge in [-0.05, 0) is 65.6 Å². The fourth-order valence-corrected chi connectivity index (χ4v) is 5.26. The molecule has 1 unspecified atom stereocenters. The SMILES string of the molecule is CCCc1cc(C(=O)NOCc2ccccc2)ccc1OC(C(=O)NS(=O)(=O)/C=C/c1cccnc1)c1ccc2c(c1)OCO2. The molecule has 0 fully saturated rings. The monoisotopic (exact) mass is 629 g/mol. The molecule has 5 rings (SSSR count). The standard InChI is InChI=1S/C33H31N3O8S/c1-2-7-25-18-27(32(37)35-43-21-24-8-4-3-5-9-24)12-13-28(25)44-31(26-11-14-29-30(19-26)42-22-41-29)33(38)36-45(39,40)17-15-23-10-6-16-34-20-23/h3-6,8-20,31H,2,7,21-22H2,1H3,(H,35,37)(H,36,38)/b17-15+. The van der Waals surface area contributed by atoms with Crippen molar-refractivity contribution in [1.82, 2.24) is 15.2 Å². The number of aryl methyl sites for hydroxylation is 1. The van der Waals surface area contributed by atoms with Gasteiger partial charge in [-0.1, -0.05) is 55.8 Å². The molecule has 0 bridgehead atoms. The van der Waals surface area contributed by atoms with E-state index in [2.05, 4.69) is 15.2 Å². The van der Waals surface area contributed by atoms with Crippen LogP contribution in [0.3, 0.4) is 0 Å². The molecule has 2 N–H and O–H groups in total. The van der Waals surface area contributed by atoms with Crippen LogP contribution < -0.4 is 24.4 Å². The number of nitrogens with zero attached hydrogens (tertiary/aromatic N) is 1. The van der Waals surface area contributed by atoms with E-state index in [1.54, 1.807) is 48.7 Å². The molecule has 1 aromatic heterocycles. The van der Waals surface area contributed by atoms with Gasteiger partial charge in [0.2, 0.25) is 12.9 Å². The van der Waals surface area contributed by atoms with Gasteiger partial charge in [-0.25, -0.2) is 18.6 Å². The zero-order valence-corrected chi connectivity index (χ0v) is 25.2. The van der Waals surface area contributed by atoms with E-state index in [1.165, 1.54) is 18.3 Å². The summed E-state index contributed by atoms with van der Waals surface area (Å²) >= 11 is 0. The van der Waals surface area contributed by atoms with Crippen molar-refractivity contribution in [2.75, 3.05) is 6.79 Å². The quantitative estimate of drug-likeness (QED) is 0.198. The summed E-state index contributed by atoms with van der Waals surface area (Å²) in [7, 11) is -4.21. The Morgan fingerprint density at radius 2 is 1.82 bits per heavy atom. The number of nitrogens with one attached hydrogen (secondary N) is 2. The van der Waals surface area contributed by atoms with Crippen LogP contribution in [-0.4, -0.2) is 32.0 Å². The second kappa shape index (κ2) is 14.5.